The lowest BCUT2D eigenvalue weighted by Gasteiger charge is -2.34. The van der Waals surface area contributed by atoms with Crippen LogP contribution >= 0.6 is 11.3 Å². The lowest BCUT2D eigenvalue weighted by Crippen LogP contribution is -2.28. The number of benzene rings is 9. The van der Waals surface area contributed by atoms with E-state index in [1.807, 2.05) is 72.0 Å². The molecular formula is C58H35N3OS. The molecule has 0 bridgehead atoms. The van der Waals surface area contributed by atoms with Gasteiger partial charge in [0.1, 0.15) is 11.2 Å². The summed E-state index contributed by atoms with van der Waals surface area (Å²) in [6.45, 7) is 0. The summed E-state index contributed by atoms with van der Waals surface area (Å²) in [6.07, 6.45) is 0. The maximum atomic E-state index is 6.65. The molecule has 0 fully saturated rings. The lowest BCUT2D eigenvalue weighted by molar-refractivity contribution is 0.669. The van der Waals surface area contributed by atoms with Crippen molar-refractivity contribution in [2.45, 2.75) is 5.41 Å². The first-order chi connectivity index (χ1) is 31.2. The second-order valence-electron chi connectivity index (χ2n) is 16.3. The van der Waals surface area contributed by atoms with E-state index < -0.39 is 5.41 Å². The van der Waals surface area contributed by atoms with E-state index >= 15 is 0 Å². The van der Waals surface area contributed by atoms with Gasteiger partial charge in [0.25, 0.3) is 0 Å². The zero-order valence-corrected chi connectivity index (χ0v) is 34.7. The van der Waals surface area contributed by atoms with Gasteiger partial charge >= 0.3 is 0 Å². The first-order valence-corrected chi connectivity index (χ1v) is 22.1. The Labute approximate surface area is 367 Å². The second kappa shape index (κ2) is 14.0. The van der Waals surface area contributed by atoms with Crippen LogP contribution in [0.2, 0.25) is 0 Å². The molecular weight excluding hydrogens is 787 g/mol. The van der Waals surface area contributed by atoms with E-state index in [1.165, 1.54) is 53.6 Å². The number of hydrogen-bond acceptors (Lipinski definition) is 5. The minimum atomic E-state index is -0.487. The average Bonchev–Trinajstić information content (AvgIpc) is 4.02. The van der Waals surface area contributed by atoms with E-state index in [9.17, 15) is 0 Å². The highest BCUT2D eigenvalue weighted by molar-refractivity contribution is 7.25. The normalized spacial score (nSPS) is 12.9. The van der Waals surface area contributed by atoms with Crippen LogP contribution in [0, 0.1) is 0 Å². The third kappa shape index (κ3) is 5.57. The molecule has 63 heavy (non-hydrogen) atoms. The van der Waals surface area contributed by atoms with E-state index in [4.69, 9.17) is 19.4 Å². The van der Waals surface area contributed by atoms with Crippen molar-refractivity contribution in [2.75, 3.05) is 0 Å². The van der Waals surface area contributed by atoms with Crippen LogP contribution in [-0.2, 0) is 5.41 Å². The van der Waals surface area contributed by atoms with Gasteiger partial charge in [0, 0.05) is 47.6 Å². The number of furan rings is 1. The first-order valence-electron chi connectivity index (χ1n) is 21.2. The molecule has 0 unspecified atom stereocenters. The van der Waals surface area contributed by atoms with Crippen LogP contribution in [0.25, 0.3) is 98.5 Å². The highest BCUT2D eigenvalue weighted by atomic mass is 32.1. The van der Waals surface area contributed by atoms with Crippen molar-refractivity contribution >= 4 is 53.4 Å². The highest BCUT2D eigenvalue weighted by Crippen LogP contribution is 2.57. The van der Waals surface area contributed by atoms with Gasteiger partial charge in [-0.05, 0) is 80.9 Å². The molecule has 1 aliphatic rings. The quantitative estimate of drug-likeness (QED) is 0.168. The SMILES string of the molecule is c1ccc(-c2nc(-c3ccccc3)nc(-c3ccc4c(c3)oc3cc(-c5ccc(C6(c7ccc8c(c7)sc7ccccc78)c7ccccc7-c7ccccc76)cc5)ccc34)n2)cc1. The lowest BCUT2D eigenvalue weighted by atomic mass is 9.67. The molecule has 0 aliphatic heterocycles. The van der Waals surface area contributed by atoms with Crippen LogP contribution in [-0.4, -0.2) is 15.0 Å². The van der Waals surface area contributed by atoms with Crippen molar-refractivity contribution < 1.29 is 4.42 Å². The van der Waals surface area contributed by atoms with E-state index in [0.717, 1.165) is 49.8 Å². The van der Waals surface area contributed by atoms with Crippen molar-refractivity contribution in [1.29, 1.82) is 0 Å². The smallest absolute Gasteiger partial charge is 0.164 e. The molecule has 12 aromatic rings. The van der Waals surface area contributed by atoms with Crippen molar-refractivity contribution in [3.8, 4) is 56.4 Å². The highest BCUT2D eigenvalue weighted by Gasteiger charge is 2.46. The van der Waals surface area contributed by atoms with Gasteiger partial charge in [0.2, 0.25) is 0 Å². The Morgan fingerprint density at radius 1 is 0.333 bits per heavy atom. The van der Waals surface area contributed by atoms with Crippen LogP contribution in [0.3, 0.4) is 0 Å². The largest absolute Gasteiger partial charge is 0.456 e. The standard InChI is InChI=1S/C58H35N3OS/c1-3-13-37(14-4-1)55-59-56(38-15-5-2-6-16-38)61-57(60-55)40-26-31-46-45-30-25-39(33-51(45)62-52(46)34-40)36-23-27-41(28-24-36)58(49-20-10-7-17-43(49)44-18-8-11-21-50(44)58)42-29-32-48-47-19-9-12-22-53(47)63-54(48)35-42/h1-35H. The summed E-state index contributed by atoms with van der Waals surface area (Å²) in [4.78, 5) is 14.8. The van der Waals surface area contributed by atoms with Gasteiger partial charge in [0.05, 0.1) is 5.41 Å². The third-order valence-electron chi connectivity index (χ3n) is 12.8. The Morgan fingerprint density at radius 3 is 1.46 bits per heavy atom. The van der Waals surface area contributed by atoms with E-state index in [0.29, 0.717) is 17.5 Å². The Kier molecular flexibility index (Phi) is 7.96. The average molecular weight is 822 g/mol. The third-order valence-corrected chi connectivity index (χ3v) is 14.0. The molecule has 1 aliphatic carbocycles. The zero-order valence-electron chi connectivity index (χ0n) is 33.9. The molecule has 0 saturated carbocycles. The number of fused-ring (bicyclic) bond motifs is 9. The molecule has 3 aromatic heterocycles. The second-order valence-corrected chi connectivity index (χ2v) is 17.4. The van der Waals surface area contributed by atoms with Crippen molar-refractivity contribution in [3.63, 3.8) is 0 Å². The maximum absolute atomic E-state index is 6.65. The molecule has 0 atom stereocenters. The van der Waals surface area contributed by atoms with E-state index in [1.54, 1.807) is 0 Å². The molecule has 13 rings (SSSR count). The number of rotatable bonds is 6. The molecule has 9 aromatic carbocycles. The molecule has 0 saturated heterocycles. The minimum absolute atomic E-state index is 0.487. The predicted molar refractivity (Wildman–Crippen MR) is 259 cm³/mol. The fourth-order valence-electron chi connectivity index (χ4n) is 9.93. The Bertz CT molecular complexity index is 3640. The Hall–Kier alpha value is -7.99. The van der Waals surface area contributed by atoms with Crippen molar-refractivity contribution in [1.82, 2.24) is 15.0 Å². The van der Waals surface area contributed by atoms with Gasteiger partial charge in [-0.3, -0.25) is 0 Å². The molecule has 294 valence electrons. The minimum Gasteiger partial charge on any atom is -0.456 e. The Balaban J connectivity index is 0.904. The molecule has 3 heterocycles. The van der Waals surface area contributed by atoms with Gasteiger partial charge in [-0.1, -0.05) is 176 Å². The molecule has 4 nitrogen and oxygen atoms in total. The van der Waals surface area contributed by atoms with Crippen LogP contribution in [0.4, 0.5) is 0 Å². The van der Waals surface area contributed by atoms with Crippen LogP contribution in [0.1, 0.15) is 22.3 Å². The van der Waals surface area contributed by atoms with E-state index in [-0.39, 0.29) is 0 Å². The number of nitrogens with zero attached hydrogens (tertiary/aromatic N) is 3. The summed E-state index contributed by atoms with van der Waals surface area (Å²) in [5, 5.41) is 4.74. The van der Waals surface area contributed by atoms with Crippen LogP contribution < -0.4 is 0 Å². The summed E-state index contributed by atoms with van der Waals surface area (Å²) in [7, 11) is 0. The zero-order chi connectivity index (χ0) is 41.5. The van der Waals surface area contributed by atoms with Gasteiger partial charge in [-0.25, -0.2) is 15.0 Å². The molecule has 0 N–H and O–H groups in total. The number of thiophene rings is 1. The summed E-state index contributed by atoms with van der Waals surface area (Å²) in [5.74, 6) is 1.86. The van der Waals surface area contributed by atoms with Crippen LogP contribution in [0.5, 0.6) is 0 Å². The monoisotopic (exact) mass is 821 g/mol. The number of hydrogen-bond donors (Lipinski definition) is 0. The molecule has 0 amide bonds. The molecule has 0 radical (unpaired) electrons. The number of aromatic nitrogens is 3. The molecule has 0 spiro atoms. The van der Waals surface area contributed by atoms with Crippen molar-refractivity contribution in [3.05, 3.63) is 235 Å². The van der Waals surface area contributed by atoms with E-state index in [2.05, 4.69) is 152 Å². The van der Waals surface area contributed by atoms with Gasteiger partial charge in [0.15, 0.2) is 17.5 Å². The van der Waals surface area contributed by atoms with Gasteiger partial charge in [-0.2, -0.15) is 0 Å². The summed E-state index contributed by atoms with van der Waals surface area (Å²) in [6, 6.07) is 75.9. The topological polar surface area (TPSA) is 51.8 Å². The Morgan fingerprint density at radius 2 is 0.810 bits per heavy atom. The predicted octanol–water partition coefficient (Wildman–Crippen LogP) is 15.2. The van der Waals surface area contributed by atoms with Crippen molar-refractivity contribution in [2.24, 2.45) is 0 Å². The summed E-state index contributed by atoms with van der Waals surface area (Å²) >= 11 is 1.87. The summed E-state index contributed by atoms with van der Waals surface area (Å²) in [5.41, 5.74) is 13.8. The first kappa shape index (κ1) is 35.7. The van der Waals surface area contributed by atoms with Crippen LogP contribution in [0.15, 0.2) is 217 Å². The fraction of sp³-hybridized carbons (Fsp3) is 0.0172. The molecule has 5 heteroatoms. The fourth-order valence-corrected chi connectivity index (χ4v) is 11.1. The maximum Gasteiger partial charge on any atom is 0.164 e. The van der Waals surface area contributed by atoms with Gasteiger partial charge < -0.3 is 4.42 Å². The van der Waals surface area contributed by atoms with Gasteiger partial charge in [-0.15, -0.1) is 11.3 Å². The summed E-state index contributed by atoms with van der Waals surface area (Å²) < 4.78 is 9.27.